The van der Waals surface area contributed by atoms with Crippen molar-refractivity contribution in [1.29, 1.82) is 0 Å². The molecule has 2 atom stereocenters. The lowest BCUT2D eigenvalue weighted by atomic mass is 9.96. The minimum atomic E-state index is 0.508. The summed E-state index contributed by atoms with van der Waals surface area (Å²) in [6, 6.07) is 7.22. The van der Waals surface area contributed by atoms with Crippen molar-refractivity contribution < 1.29 is 0 Å². The van der Waals surface area contributed by atoms with Gasteiger partial charge in [0.05, 0.1) is 5.69 Å². The van der Waals surface area contributed by atoms with Crippen molar-refractivity contribution in [2.24, 2.45) is 5.73 Å². The number of rotatable bonds is 3. The molecule has 4 heteroatoms. The van der Waals surface area contributed by atoms with Gasteiger partial charge in [0.1, 0.15) is 5.65 Å². The number of hydrogen-bond acceptors (Lipinski definition) is 3. The van der Waals surface area contributed by atoms with Gasteiger partial charge in [-0.25, -0.2) is 4.98 Å². The summed E-state index contributed by atoms with van der Waals surface area (Å²) in [5.74, 6) is 0. The van der Waals surface area contributed by atoms with Gasteiger partial charge < -0.3 is 10.1 Å². The van der Waals surface area contributed by atoms with Crippen molar-refractivity contribution in [3.63, 3.8) is 0 Å². The fourth-order valence-electron chi connectivity index (χ4n) is 3.13. The average molecular weight is 258 g/mol. The second-order valence-electron chi connectivity index (χ2n) is 5.54. The maximum absolute atomic E-state index is 5.92. The molecule has 19 heavy (non-hydrogen) atoms. The largest absolute Gasteiger partial charge is 0.329 e. The summed E-state index contributed by atoms with van der Waals surface area (Å²) in [5.41, 5.74) is 8.07. The third kappa shape index (κ3) is 2.51. The Labute approximate surface area is 114 Å². The Balaban J connectivity index is 1.82. The van der Waals surface area contributed by atoms with E-state index in [-0.39, 0.29) is 0 Å². The summed E-state index contributed by atoms with van der Waals surface area (Å²) >= 11 is 0. The molecule has 0 aliphatic carbocycles. The number of nitrogens with two attached hydrogens (primary N) is 1. The van der Waals surface area contributed by atoms with E-state index in [2.05, 4.69) is 22.4 Å². The number of hydrogen-bond donors (Lipinski definition) is 1. The molecular formula is C15H22N4. The Morgan fingerprint density at radius 1 is 1.37 bits per heavy atom. The van der Waals surface area contributed by atoms with Crippen LogP contribution in [0.4, 0.5) is 0 Å². The van der Waals surface area contributed by atoms with Crippen LogP contribution in [-0.2, 0) is 6.54 Å². The minimum Gasteiger partial charge on any atom is -0.329 e. The van der Waals surface area contributed by atoms with Crippen molar-refractivity contribution in [2.45, 2.75) is 44.8 Å². The first kappa shape index (κ1) is 12.6. The number of imidazole rings is 1. The number of pyridine rings is 1. The number of likely N-dealkylation sites (tertiary alicyclic amines) is 1. The molecule has 2 aromatic rings. The predicted octanol–water partition coefficient (Wildman–Crippen LogP) is 2.04. The Kier molecular flexibility index (Phi) is 3.53. The first-order chi connectivity index (χ1) is 9.28. The highest BCUT2D eigenvalue weighted by Crippen LogP contribution is 2.24. The van der Waals surface area contributed by atoms with Crippen LogP contribution in [0, 0.1) is 0 Å². The van der Waals surface area contributed by atoms with Crippen LogP contribution in [0.15, 0.2) is 30.6 Å². The SMILES string of the molecule is CC1CCCC(CN)N1Cc1cn2ccccc2n1. The maximum atomic E-state index is 5.92. The van der Waals surface area contributed by atoms with Gasteiger partial charge in [-0.2, -0.15) is 0 Å². The molecule has 0 spiro atoms. The van der Waals surface area contributed by atoms with Gasteiger partial charge in [0, 0.05) is 37.6 Å². The van der Waals surface area contributed by atoms with E-state index in [4.69, 9.17) is 10.7 Å². The molecule has 4 nitrogen and oxygen atoms in total. The minimum absolute atomic E-state index is 0.508. The van der Waals surface area contributed by atoms with Crippen molar-refractivity contribution in [3.8, 4) is 0 Å². The second kappa shape index (κ2) is 5.31. The summed E-state index contributed by atoms with van der Waals surface area (Å²) in [4.78, 5) is 7.21. The zero-order chi connectivity index (χ0) is 13.2. The van der Waals surface area contributed by atoms with Crippen LogP contribution in [0.25, 0.3) is 5.65 Å². The van der Waals surface area contributed by atoms with E-state index in [9.17, 15) is 0 Å². The molecule has 1 aliphatic rings. The Morgan fingerprint density at radius 3 is 3.05 bits per heavy atom. The highest BCUT2D eigenvalue weighted by atomic mass is 15.2. The average Bonchev–Trinajstić information content (AvgIpc) is 2.83. The summed E-state index contributed by atoms with van der Waals surface area (Å²) in [7, 11) is 0. The van der Waals surface area contributed by atoms with Crippen molar-refractivity contribution in [2.75, 3.05) is 6.54 Å². The molecule has 1 fully saturated rings. The first-order valence-corrected chi connectivity index (χ1v) is 7.16. The Bertz CT molecular complexity index is 515. The molecule has 0 radical (unpaired) electrons. The molecule has 1 aliphatic heterocycles. The maximum Gasteiger partial charge on any atom is 0.137 e. The molecular weight excluding hydrogens is 236 g/mol. The monoisotopic (exact) mass is 258 g/mol. The third-order valence-corrected chi connectivity index (χ3v) is 4.22. The quantitative estimate of drug-likeness (QED) is 0.916. The van der Waals surface area contributed by atoms with Gasteiger partial charge in [0.2, 0.25) is 0 Å². The van der Waals surface area contributed by atoms with Crippen LogP contribution < -0.4 is 5.73 Å². The van der Waals surface area contributed by atoms with Gasteiger partial charge in [-0.15, -0.1) is 0 Å². The van der Waals surface area contributed by atoms with Crippen molar-refractivity contribution in [1.82, 2.24) is 14.3 Å². The molecule has 2 unspecified atom stereocenters. The van der Waals surface area contributed by atoms with Crippen LogP contribution in [0.5, 0.6) is 0 Å². The van der Waals surface area contributed by atoms with Crippen LogP contribution in [0.3, 0.4) is 0 Å². The normalized spacial score (nSPS) is 24.9. The van der Waals surface area contributed by atoms with E-state index >= 15 is 0 Å². The molecule has 1 saturated heterocycles. The Morgan fingerprint density at radius 2 is 2.26 bits per heavy atom. The highest BCUT2D eigenvalue weighted by molar-refractivity contribution is 5.39. The zero-order valence-electron chi connectivity index (χ0n) is 11.5. The van der Waals surface area contributed by atoms with Gasteiger partial charge in [0.25, 0.3) is 0 Å². The standard InChI is InChI=1S/C15H22N4/c1-12-5-4-6-14(9-16)19(12)11-13-10-18-8-3-2-7-15(18)17-13/h2-3,7-8,10,12,14H,4-6,9,11,16H2,1H3. The molecule has 3 heterocycles. The van der Waals surface area contributed by atoms with Gasteiger partial charge >= 0.3 is 0 Å². The topological polar surface area (TPSA) is 46.6 Å². The molecule has 0 saturated carbocycles. The number of fused-ring (bicyclic) bond motifs is 1. The highest BCUT2D eigenvalue weighted by Gasteiger charge is 2.27. The van der Waals surface area contributed by atoms with Gasteiger partial charge in [-0.05, 0) is 31.9 Å². The second-order valence-corrected chi connectivity index (χ2v) is 5.54. The van der Waals surface area contributed by atoms with Crippen LogP contribution in [0.1, 0.15) is 31.9 Å². The van der Waals surface area contributed by atoms with Crippen LogP contribution in [0.2, 0.25) is 0 Å². The van der Waals surface area contributed by atoms with Gasteiger partial charge in [-0.1, -0.05) is 12.5 Å². The van der Waals surface area contributed by atoms with Crippen molar-refractivity contribution in [3.05, 3.63) is 36.3 Å². The summed E-state index contributed by atoms with van der Waals surface area (Å²) in [5, 5.41) is 0. The van der Waals surface area contributed by atoms with E-state index < -0.39 is 0 Å². The zero-order valence-corrected chi connectivity index (χ0v) is 11.5. The van der Waals surface area contributed by atoms with E-state index in [1.54, 1.807) is 0 Å². The van der Waals surface area contributed by atoms with Gasteiger partial charge in [0.15, 0.2) is 0 Å². The van der Waals surface area contributed by atoms with E-state index in [0.29, 0.717) is 12.1 Å². The number of piperidine rings is 1. The Hall–Kier alpha value is -1.39. The number of aromatic nitrogens is 2. The third-order valence-electron chi connectivity index (χ3n) is 4.22. The summed E-state index contributed by atoms with van der Waals surface area (Å²) in [6.45, 7) is 3.96. The van der Waals surface area contributed by atoms with E-state index in [1.165, 1.54) is 19.3 Å². The van der Waals surface area contributed by atoms with Crippen LogP contribution in [-0.4, -0.2) is 32.9 Å². The molecule has 2 aromatic heterocycles. The summed E-state index contributed by atoms with van der Waals surface area (Å²) in [6.07, 6.45) is 7.96. The van der Waals surface area contributed by atoms with E-state index in [0.717, 1.165) is 24.4 Å². The smallest absolute Gasteiger partial charge is 0.137 e. The summed E-state index contributed by atoms with van der Waals surface area (Å²) < 4.78 is 2.08. The van der Waals surface area contributed by atoms with E-state index in [1.807, 2.05) is 24.4 Å². The van der Waals surface area contributed by atoms with Gasteiger partial charge in [-0.3, -0.25) is 4.90 Å². The molecule has 2 N–H and O–H groups in total. The number of nitrogens with zero attached hydrogens (tertiary/aromatic N) is 3. The fourth-order valence-corrected chi connectivity index (χ4v) is 3.13. The fraction of sp³-hybridized carbons (Fsp3) is 0.533. The first-order valence-electron chi connectivity index (χ1n) is 7.16. The molecule has 0 amide bonds. The van der Waals surface area contributed by atoms with Crippen molar-refractivity contribution >= 4 is 5.65 Å². The molecule has 0 aromatic carbocycles. The lowest BCUT2D eigenvalue weighted by Gasteiger charge is -2.39. The molecule has 102 valence electrons. The van der Waals surface area contributed by atoms with Crippen LogP contribution >= 0.6 is 0 Å². The lowest BCUT2D eigenvalue weighted by Crippen LogP contribution is -2.48. The molecule has 0 bridgehead atoms. The molecule has 3 rings (SSSR count). The predicted molar refractivity (Wildman–Crippen MR) is 76.9 cm³/mol. The lowest BCUT2D eigenvalue weighted by molar-refractivity contribution is 0.0880.